The Morgan fingerprint density at radius 3 is 2.48 bits per heavy atom. The highest BCUT2D eigenvalue weighted by Crippen LogP contribution is 2.33. The number of carbonyl (C=O) groups excluding carboxylic acids is 1. The van der Waals surface area contributed by atoms with E-state index in [1.807, 2.05) is 51.1 Å². The van der Waals surface area contributed by atoms with Crippen molar-refractivity contribution in [1.29, 1.82) is 0 Å². The fraction of sp³-hybridized carbons (Fsp3) is 0.333. The van der Waals surface area contributed by atoms with Gasteiger partial charge in [-0.25, -0.2) is 9.97 Å². The van der Waals surface area contributed by atoms with Crippen LogP contribution in [-0.2, 0) is 19.0 Å². The first kappa shape index (κ1) is 28.9. The van der Waals surface area contributed by atoms with E-state index >= 15 is 0 Å². The highest BCUT2D eigenvalue weighted by Gasteiger charge is 2.32. The van der Waals surface area contributed by atoms with E-state index in [0.717, 1.165) is 41.2 Å². The van der Waals surface area contributed by atoms with Gasteiger partial charge in [0, 0.05) is 41.5 Å². The van der Waals surface area contributed by atoms with Gasteiger partial charge in [0.05, 0.1) is 11.3 Å². The third kappa shape index (κ3) is 6.56. The molecule has 10 heteroatoms. The molecule has 0 bridgehead atoms. The minimum absolute atomic E-state index is 0.0396. The molecule has 0 spiro atoms. The summed E-state index contributed by atoms with van der Waals surface area (Å²) < 4.78 is 42.7. The Kier molecular flexibility index (Phi) is 8.39. The smallest absolute Gasteiger partial charge is 0.340 e. The summed E-state index contributed by atoms with van der Waals surface area (Å²) in [6.45, 7) is 7.63. The maximum atomic E-state index is 13.7. The minimum atomic E-state index is -4.55. The number of benzene rings is 2. The van der Waals surface area contributed by atoms with E-state index in [4.69, 9.17) is 0 Å². The van der Waals surface area contributed by atoms with Gasteiger partial charge in [-0.1, -0.05) is 19.1 Å². The van der Waals surface area contributed by atoms with Crippen molar-refractivity contribution in [3.8, 4) is 5.82 Å². The fourth-order valence-corrected chi connectivity index (χ4v) is 4.31. The number of hydrogen-bond donors (Lipinski definition) is 1. The summed E-state index contributed by atoms with van der Waals surface area (Å²) in [4.78, 5) is 23.7. The van der Waals surface area contributed by atoms with Crippen LogP contribution in [-0.4, -0.2) is 44.5 Å². The summed E-state index contributed by atoms with van der Waals surface area (Å²) in [5.74, 6) is 0.922. The van der Waals surface area contributed by atoms with E-state index < -0.39 is 11.7 Å². The van der Waals surface area contributed by atoms with Gasteiger partial charge < -0.3 is 10.2 Å². The van der Waals surface area contributed by atoms with Crippen molar-refractivity contribution in [2.45, 2.75) is 52.8 Å². The Morgan fingerprint density at radius 2 is 1.80 bits per heavy atom. The van der Waals surface area contributed by atoms with Crippen LogP contribution < -0.4 is 5.32 Å². The molecule has 210 valence electrons. The van der Waals surface area contributed by atoms with Crippen LogP contribution in [0.15, 0.2) is 54.9 Å². The molecule has 0 amide bonds. The molecule has 4 rings (SSSR count). The molecule has 0 unspecified atom stereocenters. The summed E-state index contributed by atoms with van der Waals surface area (Å²) >= 11 is 0. The van der Waals surface area contributed by atoms with Gasteiger partial charge in [-0.15, -0.1) is 0 Å². The average molecular weight is 551 g/mol. The molecular formula is C30H33F3N6O. The molecule has 0 saturated carbocycles. The zero-order valence-corrected chi connectivity index (χ0v) is 23.5. The third-order valence-electron chi connectivity index (χ3n) is 6.91. The van der Waals surface area contributed by atoms with E-state index in [9.17, 15) is 18.0 Å². The second-order valence-electron chi connectivity index (χ2n) is 10.2. The predicted molar refractivity (Wildman–Crippen MR) is 149 cm³/mol. The highest BCUT2D eigenvalue weighted by atomic mass is 19.4. The van der Waals surface area contributed by atoms with Crippen molar-refractivity contribution in [1.82, 2.24) is 24.6 Å². The molecule has 2 heterocycles. The van der Waals surface area contributed by atoms with Gasteiger partial charge in [-0.3, -0.25) is 4.79 Å². The van der Waals surface area contributed by atoms with Crippen LogP contribution in [0.2, 0.25) is 0 Å². The lowest BCUT2D eigenvalue weighted by Gasteiger charge is -2.22. The van der Waals surface area contributed by atoms with Crippen LogP contribution >= 0.6 is 0 Å². The van der Waals surface area contributed by atoms with Crippen molar-refractivity contribution in [2.75, 3.05) is 19.4 Å². The molecule has 2 aromatic heterocycles. The summed E-state index contributed by atoms with van der Waals surface area (Å²) in [5, 5.41) is 7.96. The molecule has 0 fully saturated rings. The molecule has 0 saturated heterocycles. The predicted octanol–water partition coefficient (Wildman–Crippen LogP) is 6.65. The summed E-state index contributed by atoms with van der Waals surface area (Å²) in [6, 6.07) is 12.6. The molecule has 0 aliphatic heterocycles. The Labute approximate surface area is 232 Å². The number of rotatable bonds is 9. The molecule has 1 atom stereocenters. The summed E-state index contributed by atoms with van der Waals surface area (Å²) in [5.41, 5.74) is 3.69. The van der Waals surface area contributed by atoms with Crippen LogP contribution in [0.5, 0.6) is 0 Å². The minimum Gasteiger partial charge on any atom is -0.340 e. The van der Waals surface area contributed by atoms with Gasteiger partial charge in [0.15, 0.2) is 11.6 Å². The maximum absolute atomic E-state index is 13.7. The number of halogens is 3. The lowest BCUT2D eigenvalue weighted by atomic mass is 9.95. The van der Waals surface area contributed by atoms with Crippen molar-refractivity contribution in [3.05, 3.63) is 94.1 Å². The normalized spacial score (nSPS) is 12.6. The molecule has 0 aliphatic rings. The quantitative estimate of drug-likeness (QED) is 0.235. The van der Waals surface area contributed by atoms with Crippen LogP contribution in [0.3, 0.4) is 0 Å². The second-order valence-corrected chi connectivity index (χ2v) is 10.2. The largest absolute Gasteiger partial charge is 0.416 e. The van der Waals surface area contributed by atoms with Gasteiger partial charge in [-0.05, 0) is 82.2 Å². The summed E-state index contributed by atoms with van der Waals surface area (Å²) in [6.07, 6.45) is -2.34. The number of nitrogens with one attached hydrogen (secondary N) is 1. The number of Topliss-reactive ketones (excluding diaryl/α,β-unsaturated/α-hetero) is 1. The topological polar surface area (TPSA) is 75.9 Å². The first-order chi connectivity index (χ1) is 18.8. The highest BCUT2D eigenvalue weighted by molar-refractivity contribution is 5.98. The lowest BCUT2D eigenvalue weighted by molar-refractivity contribution is -0.137. The van der Waals surface area contributed by atoms with Crippen LogP contribution in [0.1, 0.15) is 63.9 Å². The Bertz CT molecular complexity index is 1530. The second kappa shape index (κ2) is 11.6. The molecule has 2 aromatic carbocycles. The SMILES string of the molecule is CCc1cc(-n2nc(C)cc2Nc2cc(CC(=O)c3cc([C@@H](C)N(C)C)cc(C(F)(F)F)c3)ccc2C)ncn1. The van der Waals surface area contributed by atoms with E-state index in [0.29, 0.717) is 22.8 Å². The Morgan fingerprint density at radius 1 is 1.05 bits per heavy atom. The van der Waals surface area contributed by atoms with Crippen LogP contribution in [0.4, 0.5) is 24.7 Å². The molecule has 1 N–H and O–H groups in total. The maximum Gasteiger partial charge on any atom is 0.416 e. The molecule has 7 nitrogen and oxygen atoms in total. The molecule has 40 heavy (non-hydrogen) atoms. The van der Waals surface area contributed by atoms with E-state index in [1.54, 1.807) is 36.7 Å². The summed E-state index contributed by atoms with van der Waals surface area (Å²) in [7, 11) is 3.57. The average Bonchev–Trinajstić information content (AvgIpc) is 3.29. The first-order valence-corrected chi connectivity index (χ1v) is 13.0. The van der Waals surface area contributed by atoms with Gasteiger partial charge in [0.1, 0.15) is 12.1 Å². The van der Waals surface area contributed by atoms with E-state index in [1.165, 1.54) is 6.33 Å². The van der Waals surface area contributed by atoms with E-state index in [2.05, 4.69) is 20.4 Å². The monoisotopic (exact) mass is 550 g/mol. The van der Waals surface area contributed by atoms with Crippen molar-refractivity contribution >= 4 is 17.3 Å². The number of anilines is 2. The molecule has 4 aromatic rings. The lowest BCUT2D eigenvalue weighted by Crippen LogP contribution is -2.19. The molecular weight excluding hydrogens is 517 g/mol. The van der Waals surface area contributed by atoms with E-state index in [-0.39, 0.29) is 23.8 Å². The van der Waals surface area contributed by atoms with Gasteiger partial charge >= 0.3 is 6.18 Å². The van der Waals surface area contributed by atoms with Crippen molar-refractivity contribution < 1.29 is 18.0 Å². The zero-order chi connectivity index (χ0) is 29.2. The van der Waals surface area contributed by atoms with Gasteiger partial charge in [-0.2, -0.15) is 23.0 Å². The van der Waals surface area contributed by atoms with Gasteiger partial charge in [0.25, 0.3) is 0 Å². The number of nitrogens with zero attached hydrogens (tertiary/aromatic N) is 5. The number of alkyl halides is 3. The number of carbonyl (C=O) groups is 1. The number of aryl methyl sites for hydroxylation is 3. The molecule has 0 radical (unpaired) electrons. The first-order valence-electron chi connectivity index (χ1n) is 13.0. The number of ketones is 1. The standard InChI is InChI=1S/C30H33F3N6O/c1-7-25-16-28(35-17-34-25)39-29(10-19(3)37-39)36-26-11-21(9-8-18(26)2)12-27(40)23-13-22(20(4)38(5)6)14-24(15-23)30(31,32)33/h8-11,13-17,20,36H,7,12H2,1-6H3/t20-/m1/s1. The van der Waals surface area contributed by atoms with Crippen molar-refractivity contribution in [3.63, 3.8) is 0 Å². The Hall–Kier alpha value is -4.05. The Balaban J connectivity index is 1.63. The third-order valence-corrected chi connectivity index (χ3v) is 6.91. The van der Waals surface area contributed by atoms with Crippen LogP contribution in [0, 0.1) is 13.8 Å². The van der Waals surface area contributed by atoms with Crippen molar-refractivity contribution in [2.24, 2.45) is 0 Å². The number of hydrogen-bond acceptors (Lipinski definition) is 6. The van der Waals surface area contributed by atoms with Crippen LogP contribution in [0.25, 0.3) is 5.82 Å². The molecule has 0 aliphatic carbocycles. The van der Waals surface area contributed by atoms with Gasteiger partial charge in [0.2, 0.25) is 0 Å². The number of aromatic nitrogens is 4. The zero-order valence-electron chi connectivity index (χ0n) is 23.5. The fourth-order valence-electron chi connectivity index (χ4n) is 4.31.